The molecule has 1 nitrogen and oxygen atoms in total. The Kier molecular flexibility index (Phi) is 4.24. The van der Waals surface area contributed by atoms with E-state index in [0.717, 1.165) is 23.8 Å². The first kappa shape index (κ1) is 11.0. The van der Waals surface area contributed by atoms with Crippen molar-refractivity contribution in [2.75, 3.05) is 6.54 Å². The van der Waals surface area contributed by atoms with Gasteiger partial charge in [0.05, 0.1) is 0 Å². The van der Waals surface area contributed by atoms with Gasteiger partial charge in [0, 0.05) is 6.04 Å². The Morgan fingerprint density at radius 1 is 1.31 bits per heavy atom. The summed E-state index contributed by atoms with van der Waals surface area (Å²) in [5, 5.41) is 3.60. The fourth-order valence-corrected chi connectivity index (χ4v) is 2.28. The molecular weight excluding hydrogens is 158 g/mol. The first-order chi connectivity index (χ1) is 6.15. The van der Waals surface area contributed by atoms with Gasteiger partial charge in [-0.15, -0.1) is 0 Å². The molecule has 1 heteroatoms. The minimum absolute atomic E-state index is 0.753. The third kappa shape index (κ3) is 3.68. The molecule has 3 atom stereocenters. The van der Waals surface area contributed by atoms with Gasteiger partial charge in [0.25, 0.3) is 0 Å². The van der Waals surface area contributed by atoms with E-state index in [2.05, 4.69) is 33.0 Å². The smallest absolute Gasteiger partial charge is 0.00697 e. The van der Waals surface area contributed by atoms with Crippen LogP contribution >= 0.6 is 0 Å². The fraction of sp³-hybridized carbons (Fsp3) is 1.00. The molecule has 1 fully saturated rings. The van der Waals surface area contributed by atoms with Gasteiger partial charge in [-0.3, -0.25) is 0 Å². The molecule has 0 aliphatic heterocycles. The van der Waals surface area contributed by atoms with E-state index in [4.69, 9.17) is 0 Å². The van der Waals surface area contributed by atoms with Gasteiger partial charge in [0.2, 0.25) is 0 Å². The largest absolute Gasteiger partial charge is 0.314 e. The van der Waals surface area contributed by atoms with Crippen molar-refractivity contribution >= 4 is 0 Å². The minimum Gasteiger partial charge on any atom is -0.314 e. The summed E-state index contributed by atoms with van der Waals surface area (Å²) in [4.78, 5) is 0. The van der Waals surface area contributed by atoms with Gasteiger partial charge >= 0.3 is 0 Å². The number of hydrogen-bond acceptors (Lipinski definition) is 1. The monoisotopic (exact) mass is 183 g/mol. The minimum atomic E-state index is 0.753. The van der Waals surface area contributed by atoms with Crippen LogP contribution in [0.4, 0.5) is 0 Å². The molecule has 0 spiro atoms. The fourth-order valence-electron chi connectivity index (χ4n) is 2.28. The highest BCUT2D eigenvalue weighted by atomic mass is 14.9. The van der Waals surface area contributed by atoms with Gasteiger partial charge in [-0.05, 0) is 50.5 Å². The predicted octanol–water partition coefficient (Wildman–Crippen LogP) is 3.06. The van der Waals surface area contributed by atoms with Crippen LogP contribution in [0.1, 0.15) is 47.0 Å². The first-order valence-corrected chi connectivity index (χ1v) is 5.88. The van der Waals surface area contributed by atoms with Gasteiger partial charge in [-0.2, -0.15) is 0 Å². The first-order valence-electron chi connectivity index (χ1n) is 5.88. The molecule has 13 heavy (non-hydrogen) atoms. The molecule has 0 amide bonds. The second-order valence-electron chi connectivity index (χ2n) is 5.03. The lowest BCUT2D eigenvalue weighted by Crippen LogP contribution is -2.29. The van der Waals surface area contributed by atoms with E-state index in [-0.39, 0.29) is 0 Å². The predicted molar refractivity (Wildman–Crippen MR) is 58.8 cm³/mol. The van der Waals surface area contributed by atoms with E-state index in [9.17, 15) is 0 Å². The molecule has 1 N–H and O–H groups in total. The van der Waals surface area contributed by atoms with Gasteiger partial charge < -0.3 is 5.32 Å². The molecule has 0 heterocycles. The van der Waals surface area contributed by atoms with Crippen LogP contribution in [0.2, 0.25) is 0 Å². The molecule has 78 valence electrons. The van der Waals surface area contributed by atoms with E-state index in [1.54, 1.807) is 0 Å². The lowest BCUT2D eigenvalue weighted by molar-refractivity contribution is 0.437. The zero-order valence-electron chi connectivity index (χ0n) is 9.64. The highest BCUT2D eigenvalue weighted by Crippen LogP contribution is 2.45. The second-order valence-corrected chi connectivity index (χ2v) is 5.03. The average molecular weight is 183 g/mol. The van der Waals surface area contributed by atoms with Crippen molar-refractivity contribution in [2.45, 2.75) is 53.0 Å². The van der Waals surface area contributed by atoms with Crippen LogP contribution in [0.3, 0.4) is 0 Å². The van der Waals surface area contributed by atoms with Crippen molar-refractivity contribution in [1.82, 2.24) is 5.32 Å². The summed E-state index contributed by atoms with van der Waals surface area (Å²) in [6.45, 7) is 10.4. The van der Waals surface area contributed by atoms with Crippen LogP contribution in [-0.2, 0) is 0 Å². The molecule has 1 aliphatic carbocycles. The summed E-state index contributed by atoms with van der Waals surface area (Å²) in [6.07, 6.45) is 4.16. The lowest BCUT2D eigenvalue weighted by Gasteiger charge is -2.13. The van der Waals surface area contributed by atoms with E-state index in [0.29, 0.717) is 0 Å². The summed E-state index contributed by atoms with van der Waals surface area (Å²) in [5.74, 6) is 2.89. The Hall–Kier alpha value is -0.0400. The zero-order chi connectivity index (χ0) is 9.84. The van der Waals surface area contributed by atoms with Gasteiger partial charge in [0.1, 0.15) is 0 Å². The summed E-state index contributed by atoms with van der Waals surface area (Å²) >= 11 is 0. The second kappa shape index (κ2) is 4.99. The van der Waals surface area contributed by atoms with Crippen molar-refractivity contribution in [3.8, 4) is 0 Å². The summed E-state index contributed by atoms with van der Waals surface area (Å²) < 4.78 is 0. The van der Waals surface area contributed by atoms with Crippen molar-refractivity contribution < 1.29 is 0 Å². The van der Waals surface area contributed by atoms with Crippen molar-refractivity contribution in [1.29, 1.82) is 0 Å². The van der Waals surface area contributed by atoms with Crippen LogP contribution in [-0.4, -0.2) is 12.6 Å². The molecule has 1 rings (SSSR count). The van der Waals surface area contributed by atoms with Crippen LogP contribution < -0.4 is 5.32 Å². The highest BCUT2D eigenvalue weighted by Gasteiger charge is 2.40. The maximum absolute atomic E-state index is 3.60. The van der Waals surface area contributed by atoms with E-state index in [1.807, 2.05) is 0 Å². The SMILES string of the molecule is CCCN[C@H](C)C1CC1CC(C)C. The van der Waals surface area contributed by atoms with E-state index < -0.39 is 0 Å². The third-order valence-electron chi connectivity index (χ3n) is 3.11. The molecule has 0 bridgehead atoms. The Morgan fingerprint density at radius 3 is 2.54 bits per heavy atom. The van der Waals surface area contributed by atoms with E-state index in [1.165, 1.54) is 25.8 Å². The molecule has 0 radical (unpaired) electrons. The van der Waals surface area contributed by atoms with E-state index >= 15 is 0 Å². The van der Waals surface area contributed by atoms with Crippen molar-refractivity contribution in [3.63, 3.8) is 0 Å². The number of rotatable bonds is 6. The summed E-state index contributed by atoms with van der Waals surface area (Å²) in [7, 11) is 0. The van der Waals surface area contributed by atoms with Crippen molar-refractivity contribution in [3.05, 3.63) is 0 Å². The standard InChI is InChI=1S/C12H25N/c1-5-6-13-10(4)12-8-11(12)7-9(2)3/h9-13H,5-8H2,1-4H3/t10-,11?,12?/m1/s1. The lowest BCUT2D eigenvalue weighted by atomic mass is 10.0. The van der Waals surface area contributed by atoms with Crippen LogP contribution in [0.5, 0.6) is 0 Å². The maximum atomic E-state index is 3.60. The molecule has 0 aromatic carbocycles. The quantitative estimate of drug-likeness (QED) is 0.667. The molecule has 0 aromatic rings. The third-order valence-corrected chi connectivity index (χ3v) is 3.11. The molecule has 0 aromatic heterocycles. The number of hydrogen-bond donors (Lipinski definition) is 1. The molecule has 1 saturated carbocycles. The molecule has 2 unspecified atom stereocenters. The Bertz CT molecular complexity index is 142. The van der Waals surface area contributed by atoms with Crippen LogP contribution in [0.25, 0.3) is 0 Å². The van der Waals surface area contributed by atoms with Crippen LogP contribution in [0.15, 0.2) is 0 Å². The molecule has 0 saturated heterocycles. The zero-order valence-corrected chi connectivity index (χ0v) is 9.64. The highest BCUT2D eigenvalue weighted by molar-refractivity contribution is 4.93. The summed E-state index contributed by atoms with van der Waals surface area (Å²) in [6, 6.07) is 0.753. The van der Waals surface area contributed by atoms with Gasteiger partial charge in [0.15, 0.2) is 0 Å². The summed E-state index contributed by atoms with van der Waals surface area (Å²) in [5.41, 5.74) is 0. The Balaban J connectivity index is 2.10. The molecular formula is C12H25N. The Labute approximate surface area is 83.3 Å². The number of nitrogens with one attached hydrogen (secondary N) is 1. The van der Waals surface area contributed by atoms with Gasteiger partial charge in [-0.1, -0.05) is 20.8 Å². The maximum Gasteiger partial charge on any atom is 0.00697 e. The topological polar surface area (TPSA) is 12.0 Å². The van der Waals surface area contributed by atoms with Gasteiger partial charge in [-0.25, -0.2) is 0 Å². The van der Waals surface area contributed by atoms with Crippen LogP contribution in [0, 0.1) is 17.8 Å². The Morgan fingerprint density at radius 2 is 2.00 bits per heavy atom. The molecule has 1 aliphatic rings. The normalized spacial score (nSPS) is 29.3. The van der Waals surface area contributed by atoms with Crippen molar-refractivity contribution in [2.24, 2.45) is 17.8 Å². The average Bonchev–Trinajstić information content (AvgIpc) is 2.78.